The molecular formula is C21H31B. The highest BCUT2D eigenvalue weighted by molar-refractivity contribution is 6.62. The van der Waals surface area contributed by atoms with E-state index in [9.17, 15) is 0 Å². The van der Waals surface area contributed by atoms with Crippen LogP contribution >= 0.6 is 0 Å². The zero-order valence-corrected chi connectivity index (χ0v) is 14.6. The summed E-state index contributed by atoms with van der Waals surface area (Å²) in [6.07, 6.45) is 8.91. The number of hydrogen-bond donors (Lipinski definition) is 0. The lowest BCUT2D eigenvalue weighted by Gasteiger charge is -2.64. The SMILES string of the molecule is CC1CCCCB1[C@@H]1C[C@@H]2C[C@H](C1c1ccccc1)C2(C)C. The summed E-state index contributed by atoms with van der Waals surface area (Å²) >= 11 is 0. The van der Waals surface area contributed by atoms with Crippen molar-refractivity contribution < 1.29 is 0 Å². The van der Waals surface area contributed by atoms with Crippen LogP contribution in [0.3, 0.4) is 0 Å². The molecule has 4 fully saturated rings. The van der Waals surface area contributed by atoms with E-state index < -0.39 is 0 Å². The summed E-state index contributed by atoms with van der Waals surface area (Å²) in [5, 5.41) is 0. The molecule has 1 aromatic carbocycles. The van der Waals surface area contributed by atoms with Crippen molar-refractivity contribution in [1.82, 2.24) is 0 Å². The Morgan fingerprint density at radius 2 is 1.82 bits per heavy atom. The first-order valence-corrected chi connectivity index (χ1v) is 9.64. The van der Waals surface area contributed by atoms with Gasteiger partial charge in [0.15, 0.2) is 0 Å². The molecule has 1 heterocycles. The molecule has 5 atom stereocenters. The van der Waals surface area contributed by atoms with Crippen molar-refractivity contribution in [3.63, 3.8) is 0 Å². The standard InChI is InChI=1S/C21H31B/c1-15-9-7-8-12-22(15)19-14-17-13-18(21(17,2)3)20(19)16-10-5-4-6-11-16/h4-6,10-11,15,17-20H,7-9,12-14H2,1-3H3/t15?,17-,18+,19+,20?/m0/s1. The number of hydrogen-bond acceptors (Lipinski definition) is 0. The van der Waals surface area contributed by atoms with Crippen molar-refractivity contribution in [3.05, 3.63) is 35.9 Å². The van der Waals surface area contributed by atoms with Crippen LogP contribution < -0.4 is 0 Å². The summed E-state index contributed by atoms with van der Waals surface area (Å²) in [6.45, 7) is 8.61. The van der Waals surface area contributed by atoms with Crippen LogP contribution in [0.15, 0.2) is 30.3 Å². The van der Waals surface area contributed by atoms with Gasteiger partial charge in [0, 0.05) is 0 Å². The Morgan fingerprint density at radius 3 is 2.50 bits per heavy atom. The number of fused-ring (bicyclic) bond motifs is 2. The number of rotatable bonds is 2. The number of benzene rings is 1. The second kappa shape index (κ2) is 5.43. The minimum absolute atomic E-state index is 0.578. The molecule has 22 heavy (non-hydrogen) atoms. The molecule has 1 saturated heterocycles. The molecule has 2 bridgehead atoms. The zero-order valence-electron chi connectivity index (χ0n) is 14.6. The van der Waals surface area contributed by atoms with Gasteiger partial charge in [0.2, 0.25) is 0 Å². The molecule has 0 aromatic heterocycles. The Morgan fingerprint density at radius 1 is 1.05 bits per heavy atom. The van der Waals surface area contributed by atoms with E-state index in [4.69, 9.17) is 0 Å². The van der Waals surface area contributed by atoms with Gasteiger partial charge in [-0.15, -0.1) is 0 Å². The second-order valence-corrected chi connectivity index (χ2v) is 9.12. The lowest BCUT2D eigenvalue weighted by Crippen LogP contribution is -2.56. The highest BCUT2D eigenvalue weighted by Crippen LogP contribution is 2.69. The van der Waals surface area contributed by atoms with Crippen LogP contribution in [0.25, 0.3) is 0 Å². The van der Waals surface area contributed by atoms with E-state index in [0.717, 1.165) is 36.1 Å². The lowest BCUT2D eigenvalue weighted by atomic mass is 9.23. The first kappa shape index (κ1) is 14.9. The maximum atomic E-state index is 2.54. The molecular weight excluding hydrogens is 263 g/mol. The molecule has 3 aliphatic carbocycles. The Kier molecular flexibility index (Phi) is 3.66. The van der Waals surface area contributed by atoms with Crippen LogP contribution in [0.2, 0.25) is 18.0 Å². The third-order valence-corrected chi connectivity index (χ3v) is 7.91. The summed E-state index contributed by atoms with van der Waals surface area (Å²) in [7, 11) is 0. The highest BCUT2D eigenvalue weighted by atomic mass is 14.6. The van der Waals surface area contributed by atoms with Crippen molar-refractivity contribution in [3.8, 4) is 0 Å². The molecule has 0 radical (unpaired) electrons. The van der Waals surface area contributed by atoms with Crippen LogP contribution in [-0.2, 0) is 0 Å². The van der Waals surface area contributed by atoms with Gasteiger partial charge in [-0.25, -0.2) is 0 Å². The molecule has 0 spiro atoms. The van der Waals surface area contributed by atoms with Crippen molar-refractivity contribution >= 4 is 6.71 Å². The average Bonchev–Trinajstić information content (AvgIpc) is 2.55. The second-order valence-electron chi connectivity index (χ2n) is 9.12. The van der Waals surface area contributed by atoms with Gasteiger partial charge in [-0.2, -0.15) is 0 Å². The van der Waals surface area contributed by atoms with E-state index in [2.05, 4.69) is 51.1 Å². The molecule has 5 rings (SSSR count). The largest absolute Gasteiger partial charge is 0.146 e. The fourth-order valence-electron chi connectivity index (χ4n) is 6.42. The Labute approximate surface area is 137 Å². The van der Waals surface area contributed by atoms with Crippen LogP contribution in [0.1, 0.15) is 64.4 Å². The van der Waals surface area contributed by atoms with Crippen molar-refractivity contribution in [2.75, 3.05) is 0 Å². The van der Waals surface area contributed by atoms with E-state index >= 15 is 0 Å². The monoisotopic (exact) mass is 294 g/mol. The summed E-state index contributed by atoms with van der Waals surface area (Å²) in [5.41, 5.74) is 2.22. The van der Waals surface area contributed by atoms with E-state index in [-0.39, 0.29) is 0 Å². The molecule has 118 valence electrons. The first-order valence-electron chi connectivity index (χ1n) is 9.64. The predicted molar refractivity (Wildman–Crippen MR) is 96.8 cm³/mol. The fraction of sp³-hybridized carbons (Fsp3) is 0.714. The maximum absolute atomic E-state index is 2.54. The highest BCUT2D eigenvalue weighted by Gasteiger charge is 2.59. The molecule has 2 unspecified atom stereocenters. The van der Waals surface area contributed by atoms with E-state index in [1.54, 1.807) is 5.56 Å². The topological polar surface area (TPSA) is 0 Å². The van der Waals surface area contributed by atoms with Gasteiger partial charge in [-0.3, -0.25) is 0 Å². The first-order chi connectivity index (χ1) is 10.6. The smallest absolute Gasteiger partial charge is 0.0737 e. The molecule has 4 aliphatic rings. The molecule has 1 aromatic rings. The van der Waals surface area contributed by atoms with Crippen LogP contribution in [0.4, 0.5) is 0 Å². The fourth-order valence-corrected chi connectivity index (χ4v) is 6.42. The minimum atomic E-state index is 0.578. The summed E-state index contributed by atoms with van der Waals surface area (Å²) in [4.78, 5) is 0. The summed E-state index contributed by atoms with van der Waals surface area (Å²) < 4.78 is 0. The van der Waals surface area contributed by atoms with Gasteiger partial charge < -0.3 is 0 Å². The van der Waals surface area contributed by atoms with E-state index in [1.165, 1.54) is 38.4 Å². The van der Waals surface area contributed by atoms with Crippen molar-refractivity contribution in [2.45, 2.75) is 76.7 Å². The van der Waals surface area contributed by atoms with Crippen molar-refractivity contribution in [2.24, 2.45) is 17.3 Å². The summed E-state index contributed by atoms with van der Waals surface area (Å²) in [6, 6.07) is 11.5. The Balaban J connectivity index is 1.68. The van der Waals surface area contributed by atoms with E-state index in [1.807, 2.05) is 0 Å². The van der Waals surface area contributed by atoms with Gasteiger partial charge in [0.25, 0.3) is 0 Å². The van der Waals surface area contributed by atoms with Gasteiger partial charge in [0.1, 0.15) is 6.71 Å². The molecule has 3 saturated carbocycles. The predicted octanol–water partition coefficient (Wildman–Crippen LogP) is 6.28. The van der Waals surface area contributed by atoms with Gasteiger partial charge in [-0.1, -0.05) is 94.7 Å². The minimum Gasteiger partial charge on any atom is -0.0737 e. The summed E-state index contributed by atoms with van der Waals surface area (Å²) in [5.74, 6) is 4.65. The molecule has 0 amide bonds. The van der Waals surface area contributed by atoms with Gasteiger partial charge in [0.05, 0.1) is 0 Å². The molecule has 1 heteroatoms. The van der Waals surface area contributed by atoms with Crippen LogP contribution in [0, 0.1) is 17.3 Å². The average molecular weight is 294 g/mol. The van der Waals surface area contributed by atoms with Gasteiger partial charge in [-0.05, 0) is 35.2 Å². The maximum Gasteiger partial charge on any atom is 0.146 e. The van der Waals surface area contributed by atoms with Crippen LogP contribution in [-0.4, -0.2) is 6.71 Å². The lowest BCUT2D eigenvalue weighted by molar-refractivity contribution is -0.0811. The zero-order chi connectivity index (χ0) is 15.3. The van der Waals surface area contributed by atoms with Crippen LogP contribution in [0.5, 0.6) is 0 Å². The van der Waals surface area contributed by atoms with Crippen molar-refractivity contribution in [1.29, 1.82) is 0 Å². The Hall–Kier alpha value is -0.715. The van der Waals surface area contributed by atoms with E-state index in [0.29, 0.717) is 5.41 Å². The van der Waals surface area contributed by atoms with Gasteiger partial charge >= 0.3 is 0 Å². The molecule has 1 aliphatic heterocycles. The molecule has 0 nitrogen and oxygen atoms in total. The normalized spacial score (nSPS) is 40.1. The quantitative estimate of drug-likeness (QED) is 0.563. The third-order valence-electron chi connectivity index (χ3n) is 7.91. The molecule has 0 N–H and O–H groups in total. The third kappa shape index (κ3) is 2.19. The Bertz CT molecular complexity index is 520.